The fourth-order valence-electron chi connectivity index (χ4n) is 3.33. The summed E-state index contributed by atoms with van der Waals surface area (Å²) in [6.45, 7) is 0.126. The molecule has 0 aliphatic rings. The molecule has 0 bridgehead atoms. The van der Waals surface area contributed by atoms with Gasteiger partial charge in [0.25, 0.3) is 5.91 Å². The summed E-state index contributed by atoms with van der Waals surface area (Å²) in [5.41, 5.74) is 3.07. The van der Waals surface area contributed by atoms with Crippen molar-refractivity contribution in [1.29, 1.82) is 0 Å². The lowest BCUT2D eigenvalue weighted by atomic mass is 10.1. The zero-order valence-corrected chi connectivity index (χ0v) is 18.6. The Morgan fingerprint density at radius 3 is 2.42 bits per heavy atom. The highest BCUT2D eigenvalue weighted by molar-refractivity contribution is 7.89. The summed E-state index contributed by atoms with van der Waals surface area (Å²) in [6.07, 6.45) is 1.67. The Morgan fingerprint density at radius 1 is 1.03 bits per heavy atom. The summed E-state index contributed by atoms with van der Waals surface area (Å²) in [6, 6.07) is 22.9. The number of primary sulfonamides is 1. The zero-order valence-electron chi connectivity index (χ0n) is 17.8. The van der Waals surface area contributed by atoms with Gasteiger partial charge in [-0.3, -0.25) is 4.79 Å². The Morgan fingerprint density at radius 2 is 1.76 bits per heavy atom. The van der Waals surface area contributed by atoms with Crippen molar-refractivity contribution in [3.05, 3.63) is 96.2 Å². The molecule has 3 N–H and O–H groups in total. The molecular formula is C24H22N4O4S. The van der Waals surface area contributed by atoms with E-state index in [1.165, 1.54) is 12.1 Å². The maximum absolute atomic E-state index is 13.1. The van der Waals surface area contributed by atoms with Crippen molar-refractivity contribution in [2.24, 2.45) is 5.14 Å². The molecule has 1 amide bonds. The average molecular weight is 463 g/mol. The van der Waals surface area contributed by atoms with Crippen LogP contribution in [0, 0.1) is 0 Å². The van der Waals surface area contributed by atoms with E-state index in [-0.39, 0.29) is 17.3 Å². The number of ether oxygens (including phenoxy) is 1. The number of carbonyl (C=O) groups is 1. The topological polar surface area (TPSA) is 116 Å². The summed E-state index contributed by atoms with van der Waals surface area (Å²) >= 11 is 0. The Kier molecular flexibility index (Phi) is 6.25. The first-order valence-corrected chi connectivity index (χ1v) is 11.6. The smallest absolute Gasteiger partial charge is 0.255 e. The van der Waals surface area contributed by atoms with E-state index in [2.05, 4.69) is 10.4 Å². The zero-order chi connectivity index (χ0) is 23.4. The van der Waals surface area contributed by atoms with Crippen molar-refractivity contribution < 1.29 is 17.9 Å². The average Bonchev–Trinajstić information content (AvgIpc) is 3.28. The second-order valence-corrected chi connectivity index (χ2v) is 8.84. The van der Waals surface area contributed by atoms with Crippen molar-refractivity contribution >= 4 is 15.9 Å². The van der Waals surface area contributed by atoms with Gasteiger partial charge in [0, 0.05) is 18.3 Å². The van der Waals surface area contributed by atoms with Crippen molar-refractivity contribution in [1.82, 2.24) is 15.1 Å². The van der Waals surface area contributed by atoms with Crippen LogP contribution in [0.1, 0.15) is 15.9 Å². The third-order valence-corrected chi connectivity index (χ3v) is 5.93. The van der Waals surface area contributed by atoms with Crippen LogP contribution in [0.3, 0.4) is 0 Å². The predicted octanol–water partition coefficient (Wildman–Crippen LogP) is 3.13. The van der Waals surface area contributed by atoms with Gasteiger partial charge >= 0.3 is 0 Å². The maximum atomic E-state index is 13.1. The lowest BCUT2D eigenvalue weighted by molar-refractivity contribution is 0.0951. The Labute approximate surface area is 191 Å². The third kappa shape index (κ3) is 5.11. The molecular weight excluding hydrogens is 440 g/mol. The van der Waals surface area contributed by atoms with Gasteiger partial charge in [-0.2, -0.15) is 5.10 Å². The largest absolute Gasteiger partial charge is 0.497 e. The molecule has 0 spiro atoms. The summed E-state index contributed by atoms with van der Waals surface area (Å²) in [4.78, 5) is 13.1. The number of nitrogens with one attached hydrogen (secondary N) is 1. The molecule has 0 saturated carbocycles. The fourth-order valence-corrected chi connectivity index (χ4v) is 3.91. The quantitative estimate of drug-likeness (QED) is 0.438. The number of nitrogens with two attached hydrogens (primary N) is 1. The SMILES string of the molecule is COc1ccc(-c2nn(-c3ccccc3)cc2C(=O)NCc2cccc(S(N)(=O)=O)c2)cc1. The first kappa shape index (κ1) is 22.3. The van der Waals surface area contributed by atoms with E-state index >= 15 is 0 Å². The number of amides is 1. The van der Waals surface area contributed by atoms with Crippen molar-refractivity contribution in [2.75, 3.05) is 7.11 Å². The van der Waals surface area contributed by atoms with Gasteiger partial charge in [0.05, 0.1) is 23.3 Å². The van der Waals surface area contributed by atoms with E-state index in [1.807, 2.05) is 42.5 Å². The molecule has 8 nitrogen and oxygen atoms in total. The van der Waals surface area contributed by atoms with E-state index in [0.29, 0.717) is 22.6 Å². The molecule has 0 radical (unpaired) electrons. The van der Waals surface area contributed by atoms with Gasteiger partial charge in [-0.15, -0.1) is 0 Å². The number of methoxy groups -OCH3 is 1. The summed E-state index contributed by atoms with van der Waals surface area (Å²) < 4.78 is 30.1. The summed E-state index contributed by atoms with van der Waals surface area (Å²) in [5, 5.41) is 12.7. The second-order valence-electron chi connectivity index (χ2n) is 7.28. The lowest BCUT2D eigenvalue weighted by Gasteiger charge is -2.07. The molecule has 0 aliphatic heterocycles. The van der Waals surface area contributed by atoms with Crippen molar-refractivity contribution in [3.8, 4) is 22.7 Å². The summed E-state index contributed by atoms with van der Waals surface area (Å²) in [5.74, 6) is 0.353. The molecule has 0 aliphatic carbocycles. The minimum absolute atomic E-state index is 0.00920. The Balaban J connectivity index is 1.65. The van der Waals surface area contributed by atoms with Crippen LogP contribution < -0.4 is 15.2 Å². The van der Waals surface area contributed by atoms with E-state index in [0.717, 1.165) is 11.3 Å². The molecule has 9 heteroatoms. The number of rotatable bonds is 7. The molecule has 1 aromatic heterocycles. The molecule has 4 aromatic rings. The summed E-state index contributed by atoms with van der Waals surface area (Å²) in [7, 11) is -2.24. The molecule has 0 fully saturated rings. The molecule has 0 unspecified atom stereocenters. The third-order valence-electron chi connectivity index (χ3n) is 5.02. The van der Waals surface area contributed by atoms with Gasteiger partial charge in [-0.1, -0.05) is 30.3 Å². The van der Waals surface area contributed by atoms with Gasteiger partial charge in [0.1, 0.15) is 11.4 Å². The normalized spacial score (nSPS) is 11.2. The number of sulfonamides is 1. The number of para-hydroxylation sites is 1. The Bertz CT molecular complexity index is 1380. The van der Waals surface area contributed by atoms with Crippen LogP contribution in [-0.4, -0.2) is 31.2 Å². The van der Waals surface area contributed by atoms with Gasteiger partial charge in [-0.05, 0) is 54.1 Å². The highest BCUT2D eigenvalue weighted by atomic mass is 32.2. The fraction of sp³-hybridized carbons (Fsp3) is 0.0833. The van der Waals surface area contributed by atoms with Crippen LogP contribution in [0.5, 0.6) is 5.75 Å². The first-order chi connectivity index (χ1) is 15.8. The van der Waals surface area contributed by atoms with E-state index in [9.17, 15) is 13.2 Å². The standard InChI is InChI=1S/C24H22N4O4S/c1-32-20-12-10-18(11-13-20)23-22(16-28(27-23)19-7-3-2-4-8-19)24(29)26-15-17-6-5-9-21(14-17)33(25,30)31/h2-14,16H,15H2,1H3,(H,26,29)(H2,25,30,31). The minimum Gasteiger partial charge on any atom is -0.497 e. The number of benzene rings is 3. The minimum atomic E-state index is -3.83. The number of hydrogen-bond acceptors (Lipinski definition) is 5. The molecule has 3 aromatic carbocycles. The molecule has 33 heavy (non-hydrogen) atoms. The molecule has 168 valence electrons. The molecule has 1 heterocycles. The van der Waals surface area contributed by atoms with Gasteiger partial charge in [0.15, 0.2) is 0 Å². The van der Waals surface area contributed by atoms with Gasteiger partial charge < -0.3 is 10.1 Å². The molecule has 4 rings (SSSR count). The van der Waals surface area contributed by atoms with Gasteiger partial charge in [-0.25, -0.2) is 18.2 Å². The number of nitrogens with zero attached hydrogens (tertiary/aromatic N) is 2. The lowest BCUT2D eigenvalue weighted by Crippen LogP contribution is -2.23. The van der Waals surface area contributed by atoms with E-state index < -0.39 is 10.0 Å². The van der Waals surface area contributed by atoms with Crippen molar-refractivity contribution in [3.63, 3.8) is 0 Å². The molecule has 0 saturated heterocycles. The predicted molar refractivity (Wildman–Crippen MR) is 125 cm³/mol. The van der Waals surface area contributed by atoms with Crippen LogP contribution in [0.15, 0.2) is 90.0 Å². The van der Waals surface area contributed by atoms with Crippen LogP contribution in [0.4, 0.5) is 0 Å². The second kappa shape index (κ2) is 9.27. The Hall–Kier alpha value is -3.95. The van der Waals surface area contributed by atoms with Crippen LogP contribution >= 0.6 is 0 Å². The highest BCUT2D eigenvalue weighted by Crippen LogP contribution is 2.26. The van der Waals surface area contributed by atoms with Crippen LogP contribution in [0.25, 0.3) is 16.9 Å². The maximum Gasteiger partial charge on any atom is 0.255 e. The van der Waals surface area contributed by atoms with Crippen molar-refractivity contribution in [2.45, 2.75) is 11.4 Å². The van der Waals surface area contributed by atoms with E-state index in [4.69, 9.17) is 9.88 Å². The number of aromatic nitrogens is 2. The number of hydrogen-bond donors (Lipinski definition) is 2. The van der Waals surface area contributed by atoms with Gasteiger partial charge in [0.2, 0.25) is 10.0 Å². The highest BCUT2D eigenvalue weighted by Gasteiger charge is 2.19. The molecule has 0 atom stereocenters. The van der Waals surface area contributed by atoms with Crippen LogP contribution in [0.2, 0.25) is 0 Å². The first-order valence-electron chi connectivity index (χ1n) is 10.0. The van der Waals surface area contributed by atoms with E-state index in [1.54, 1.807) is 42.3 Å². The van der Waals surface area contributed by atoms with Crippen LogP contribution in [-0.2, 0) is 16.6 Å². The number of carbonyl (C=O) groups excluding carboxylic acids is 1. The monoisotopic (exact) mass is 462 g/mol.